The number of anilines is 1. The van der Waals surface area contributed by atoms with Crippen molar-refractivity contribution < 1.29 is 0 Å². The normalized spacial score (nSPS) is 12.1. The van der Waals surface area contributed by atoms with E-state index in [-0.39, 0.29) is 11.2 Å². The van der Waals surface area contributed by atoms with Crippen LogP contribution in [-0.2, 0) is 0 Å². The topological polar surface area (TPSA) is 48.7 Å². The summed E-state index contributed by atoms with van der Waals surface area (Å²) >= 11 is 8.77. The standard InChI is InChI=1S/C11H10ClN3S2/c1-2-8(9-4-3-5-16-9)14-11-7(6-13)10(12)15-17-11/h3-5,8,14H,2H2,1H3. The van der Waals surface area contributed by atoms with E-state index in [1.54, 1.807) is 11.3 Å². The predicted octanol–water partition coefficient (Wildman–Crippen LogP) is 4.29. The molecule has 0 spiro atoms. The zero-order valence-electron chi connectivity index (χ0n) is 9.11. The number of nitrogens with zero attached hydrogens (tertiary/aromatic N) is 2. The molecule has 2 aromatic heterocycles. The minimum absolute atomic E-state index is 0.207. The van der Waals surface area contributed by atoms with Gasteiger partial charge in [0.05, 0.1) is 6.04 Å². The molecule has 0 amide bonds. The molecule has 0 aromatic carbocycles. The van der Waals surface area contributed by atoms with Crippen molar-refractivity contribution in [3.63, 3.8) is 0 Å². The summed E-state index contributed by atoms with van der Waals surface area (Å²) in [6.07, 6.45) is 0.945. The Labute approximate surface area is 113 Å². The average molecular weight is 284 g/mol. The first-order valence-corrected chi connectivity index (χ1v) is 7.14. The zero-order valence-corrected chi connectivity index (χ0v) is 11.5. The van der Waals surface area contributed by atoms with Gasteiger partial charge in [-0.1, -0.05) is 24.6 Å². The highest BCUT2D eigenvalue weighted by Crippen LogP contribution is 2.33. The van der Waals surface area contributed by atoms with Crippen molar-refractivity contribution in [1.29, 1.82) is 5.26 Å². The van der Waals surface area contributed by atoms with Gasteiger partial charge in [0.1, 0.15) is 16.6 Å². The van der Waals surface area contributed by atoms with Gasteiger partial charge in [-0.25, -0.2) is 0 Å². The summed E-state index contributed by atoms with van der Waals surface area (Å²) < 4.78 is 3.98. The fraction of sp³-hybridized carbons (Fsp3) is 0.273. The van der Waals surface area contributed by atoms with Crippen molar-refractivity contribution in [3.8, 4) is 6.07 Å². The molecule has 3 nitrogen and oxygen atoms in total. The summed E-state index contributed by atoms with van der Waals surface area (Å²) in [5, 5.41) is 15.4. The molecule has 0 radical (unpaired) electrons. The zero-order chi connectivity index (χ0) is 12.3. The lowest BCUT2D eigenvalue weighted by atomic mass is 10.2. The number of hydrogen-bond acceptors (Lipinski definition) is 5. The Morgan fingerprint density at radius 2 is 2.47 bits per heavy atom. The quantitative estimate of drug-likeness (QED) is 0.910. The van der Waals surface area contributed by atoms with Crippen LogP contribution in [0.4, 0.5) is 5.00 Å². The summed E-state index contributed by atoms with van der Waals surface area (Å²) in [7, 11) is 0. The van der Waals surface area contributed by atoms with Crippen molar-refractivity contribution in [2.45, 2.75) is 19.4 Å². The fourth-order valence-corrected chi connectivity index (χ4v) is 3.34. The first kappa shape index (κ1) is 12.4. The van der Waals surface area contributed by atoms with Crippen LogP contribution in [0.5, 0.6) is 0 Å². The van der Waals surface area contributed by atoms with E-state index >= 15 is 0 Å². The second-order valence-corrected chi connectivity index (χ2v) is 5.52. The third-order valence-electron chi connectivity index (χ3n) is 2.36. The average Bonchev–Trinajstić information content (AvgIpc) is 2.95. The molecule has 0 aliphatic heterocycles. The number of nitrogens with one attached hydrogen (secondary N) is 1. The van der Waals surface area contributed by atoms with Crippen molar-refractivity contribution >= 4 is 39.5 Å². The van der Waals surface area contributed by atoms with Crippen LogP contribution in [0.15, 0.2) is 17.5 Å². The van der Waals surface area contributed by atoms with Crippen LogP contribution in [-0.4, -0.2) is 4.37 Å². The smallest absolute Gasteiger partial charge is 0.162 e. The molecule has 2 aromatic rings. The molecule has 2 heterocycles. The van der Waals surface area contributed by atoms with Crippen LogP contribution in [0, 0.1) is 11.3 Å². The van der Waals surface area contributed by atoms with E-state index in [0.717, 1.165) is 11.4 Å². The summed E-state index contributed by atoms with van der Waals surface area (Å²) in [5.74, 6) is 0. The molecule has 0 saturated carbocycles. The first-order valence-electron chi connectivity index (χ1n) is 5.11. The largest absolute Gasteiger partial charge is 0.367 e. The van der Waals surface area contributed by atoms with Crippen molar-refractivity contribution in [3.05, 3.63) is 33.1 Å². The van der Waals surface area contributed by atoms with Gasteiger partial charge in [0, 0.05) is 4.88 Å². The monoisotopic (exact) mass is 283 g/mol. The minimum Gasteiger partial charge on any atom is -0.367 e. The third kappa shape index (κ3) is 2.60. The van der Waals surface area contributed by atoms with Crippen LogP contribution in [0.3, 0.4) is 0 Å². The van der Waals surface area contributed by atoms with Gasteiger partial charge in [-0.15, -0.1) is 11.3 Å². The molecular formula is C11H10ClN3S2. The van der Waals surface area contributed by atoms with Crippen LogP contribution >= 0.6 is 34.5 Å². The van der Waals surface area contributed by atoms with Crippen LogP contribution in [0.1, 0.15) is 29.8 Å². The van der Waals surface area contributed by atoms with E-state index in [2.05, 4.69) is 28.7 Å². The van der Waals surface area contributed by atoms with Crippen LogP contribution in [0.25, 0.3) is 0 Å². The minimum atomic E-state index is 0.207. The van der Waals surface area contributed by atoms with Gasteiger partial charge in [0.25, 0.3) is 0 Å². The van der Waals surface area contributed by atoms with Crippen molar-refractivity contribution in [2.24, 2.45) is 0 Å². The number of hydrogen-bond donors (Lipinski definition) is 1. The van der Waals surface area contributed by atoms with Gasteiger partial charge in [-0.2, -0.15) is 9.64 Å². The highest BCUT2D eigenvalue weighted by Gasteiger charge is 2.16. The van der Waals surface area contributed by atoms with Gasteiger partial charge < -0.3 is 5.32 Å². The van der Waals surface area contributed by atoms with Crippen LogP contribution < -0.4 is 5.32 Å². The maximum Gasteiger partial charge on any atom is 0.162 e. The second-order valence-electron chi connectivity index (χ2n) is 3.41. The lowest BCUT2D eigenvalue weighted by molar-refractivity contribution is 0.766. The number of halogens is 1. The molecule has 17 heavy (non-hydrogen) atoms. The summed E-state index contributed by atoms with van der Waals surface area (Å²) in [6, 6.07) is 6.39. The van der Waals surface area contributed by atoms with Crippen molar-refractivity contribution in [1.82, 2.24) is 4.37 Å². The maximum atomic E-state index is 9.00. The Morgan fingerprint density at radius 1 is 1.65 bits per heavy atom. The highest BCUT2D eigenvalue weighted by atomic mass is 35.5. The molecule has 88 valence electrons. The molecule has 0 aliphatic rings. The lowest BCUT2D eigenvalue weighted by Gasteiger charge is -2.15. The van der Waals surface area contributed by atoms with E-state index in [1.807, 2.05) is 11.4 Å². The molecular weight excluding hydrogens is 274 g/mol. The molecule has 0 fully saturated rings. The molecule has 0 aliphatic carbocycles. The Hall–Kier alpha value is -1.09. The number of rotatable bonds is 4. The Balaban J connectivity index is 2.22. The molecule has 1 atom stereocenters. The maximum absolute atomic E-state index is 9.00. The number of aromatic nitrogens is 1. The highest BCUT2D eigenvalue weighted by molar-refractivity contribution is 7.11. The van der Waals surface area contributed by atoms with E-state index in [4.69, 9.17) is 16.9 Å². The van der Waals surface area contributed by atoms with Crippen LogP contribution in [0.2, 0.25) is 5.15 Å². The molecule has 0 saturated heterocycles. The summed E-state index contributed by atoms with van der Waals surface area (Å²) in [4.78, 5) is 1.25. The summed E-state index contributed by atoms with van der Waals surface area (Å²) in [5.41, 5.74) is 0.437. The Bertz CT molecular complexity index is 527. The molecule has 6 heteroatoms. The van der Waals surface area contributed by atoms with E-state index in [0.29, 0.717) is 5.56 Å². The third-order valence-corrected chi connectivity index (χ3v) is 4.50. The van der Waals surface area contributed by atoms with Gasteiger partial charge in [0.2, 0.25) is 0 Å². The van der Waals surface area contributed by atoms with Crippen molar-refractivity contribution in [2.75, 3.05) is 5.32 Å². The predicted molar refractivity (Wildman–Crippen MR) is 72.8 cm³/mol. The van der Waals surface area contributed by atoms with Gasteiger partial charge >= 0.3 is 0 Å². The van der Waals surface area contributed by atoms with Gasteiger partial charge in [-0.3, -0.25) is 0 Å². The lowest BCUT2D eigenvalue weighted by Crippen LogP contribution is -2.07. The Kier molecular flexibility index (Phi) is 4.00. The van der Waals surface area contributed by atoms with Gasteiger partial charge in [-0.05, 0) is 29.4 Å². The fourth-order valence-electron chi connectivity index (χ4n) is 1.49. The molecule has 0 bridgehead atoms. The second kappa shape index (κ2) is 5.50. The SMILES string of the molecule is CCC(Nc1snc(Cl)c1C#N)c1cccs1. The van der Waals surface area contributed by atoms with E-state index in [9.17, 15) is 0 Å². The Morgan fingerprint density at radius 3 is 3.06 bits per heavy atom. The van der Waals surface area contributed by atoms with E-state index in [1.165, 1.54) is 16.4 Å². The first-order chi connectivity index (χ1) is 8.26. The number of thiophene rings is 1. The van der Waals surface area contributed by atoms with E-state index < -0.39 is 0 Å². The molecule has 1 N–H and O–H groups in total. The molecule has 2 rings (SSSR count). The summed E-state index contributed by atoms with van der Waals surface area (Å²) in [6.45, 7) is 2.10. The van der Waals surface area contributed by atoms with Gasteiger partial charge in [0.15, 0.2) is 5.15 Å². The molecule has 1 unspecified atom stereocenters. The number of nitriles is 1.